The van der Waals surface area contributed by atoms with Crippen molar-refractivity contribution in [3.05, 3.63) is 42.5 Å². The van der Waals surface area contributed by atoms with Crippen LogP contribution >= 0.6 is 0 Å². The zero-order chi connectivity index (χ0) is 13.3. The molecule has 5 nitrogen and oxygen atoms in total. The molecular formula is C14H20N4O. The predicted molar refractivity (Wildman–Crippen MR) is 74.0 cm³/mol. The Hall–Kier alpha value is -1.88. The molecule has 0 aliphatic rings. The van der Waals surface area contributed by atoms with E-state index < -0.39 is 0 Å². The van der Waals surface area contributed by atoms with Gasteiger partial charge >= 0.3 is 0 Å². The molecule has 0 aliphatic carbocycles. The van der Waals surface area contributed by atoms with E-state index in [4.69, 9.17) is 4.74 Å². The number of aromatic nitrogens is 3. The Bertz CT molecular complexity index is 469. The van der Waals surface area contributed by atoms with Crippen molar-refractivity contribution in [2.24, 2.45) is 0 Å². The van der Waals surface area contributed by atoms with Crippen LogP contribution in [0, 0.1) is 0 Å². The van der Waals surface area contributed by atoms with E-state index in [-0.39, 0.29) is 0 Å². The van der Waals surface area contributed by atoms with Gasteiger partial charge in [0, 0.05) is 13.0 Å². The smallest absolute Gasteiger partial charge is 0.164 e. The highest BCUT2D eigenvalue weighted by atomic mass is 16.5. The lowest BCUT2D eigenvalue weighted by atomic mass is 10.3. The van der Waals surface area contributed by atoms with Crippen LogP contribution in [0.4, 0.5) is 0 Å². The topological polar surface area (TPSA) is 52.0 Å². The highest BCUT2D eigenvalue weighted by Gasteiger charge is 2.00. The summed E-state index contributed by atoms with van der Waals surface area (Å²) in [6.45, 7) is 5.24. The number of ether oxygens (including phenoxy) is 1. The van der Waals surface area contributed by atoms with Crippen LogP contribution < -0.4 is 10.1 Å². The van der Waals surface area contributed by atoms with E-state index in [1.54, 1.807) is 6.33 Å². The van der Waals surface area contributed by atoms with Gasteiger partial charge in [-0.05, 0) is 18.7 Å². The molecule has 102 valence electrons. The summed E-state index contributed by atoms with van der Waals surface area (Å²) >= 11 is 0. The monoisotopic (exact) mass is 260 g/mol. The molecule has 0 aliphatic heterocycles. The fraction of sp³-hybridized carbons (Fsp3) is 0.429. The quantitative estimate of drug-likeness (QED) is 0.736. The molecular weight excluding hydrogens is 240 g/mol. The fourth-order valence-corrected chi connectivity index (χ4v) is 1.69. The SMILES string of the molecule is CCNCc1ncn(CCCOc2ccccc2)n1. The Morgan fingerprint density at radius 3 is 2.89 bits per heavy atom. The summed E-state index contributed by atoms with van der Waals surface area (Å²) in [6, 6.07) is 9.85. The molecule has 0 spiro atoms. The van der Waals surface area contributed by atoms with Gasteiger partial charge in [-0.25, -0.2) is 4.98 Å². The molecule has 1 aromatic carbocycles. The van der Waals surface area contributed by atoms with E-state index in [1.165, 1.54) is 0 Å². The van der Waals surface area contributed by atoms with Gasteiger partial charge in [0.25, 0.3) is 0 Å². The highest BCUT2D eigenvalue weighted by molar-refractivity contribution is 5.20. The Labute approximate surface area is 113 Å². The minimum absolute atomic E-state index is 0.687. The van der Waals surface area contributed by atoms with Crippen molar-refractivity contribution in [1.82, 2.24) is 20.1 Å². The number of hydrogen-bond donors (Lipinski definition) is 1. The van der Waals surface area contributed by atoms with Crippen molar-refractivity contribution in [2.75, 3.05) is 13.2 Å². The van der Waals surface area contributed by atoms with Gasteiger partial charge in [-0.15, -0.1) is 0 Å². The Kier molecular flexibility index (Phi) is 5.37. The van der Waals surface area contributed by atoms with Gasteiger partial charge in [0.15, 0.2) is 5.82 Å². The molecule has 0 radical (unpaired) electrons. The second-order valence-corrected chi connectivity index (χ2v) is 4.22. The maximum atomic E-state index is 5.63. The van der Waals surface area contributed by atoms with Crippen molar-refractivity contribution >= 4 is 0 Å². The maximum absolute atomic E-state index is 5.63. The molecule has 0 bridgehead atoms. The second-order valence-electron chi connectivity index (χ2n) is 4.22. The lowest BCUT2D eigenvalue weighted by molar-refractivity contribution is 0.298. The van der Waals surface area contributed by atoms with E-state index in [2.05, 4.69) is 22.3 Å². The average Bonchev–Trinajstić information content (AvgIpc) is 2.90. The zero-order valence-electron chi connectivity index (χ0n) is 11.2. The number of benzene rings is 1. The first-order chi connectivity index (χ1) is 9.38. The average molecular weight is 260 g/mol. The van der Waals surface area contributed by atoms with Crippen molar-refractivity contribution in [2.45, 2.75) is 26.4 Å². The van der Waals surface area contributed by atoms with Crippen molar-refractivity contribution in [3.8, 4) is 5.75 Å². The first-order valence-electron chi connectivity index (χ1n) is 6.65. The van der Waals surface area contributed by atoms with Gasteiger partial charge in [-0.1, -0.05) is 25.1 Å². The van der Waals surface area contributed by atoms with Crippen molar-refractivity contribution in [1.29, 1.82) is 0 Å². The lowest BCUT2D eigenvalue weighted by Gasteiger charge is -2.05. The first kappa shape index (κ1) is 13.5. The molecule has 0 unspecified atom stereocenters. The second kappa shape index (κ2) is 7.53. The van der Waals surface area contributed by atoms with Gasteiger partial charge in [0.2, 0.25) is 0 Å². The molecule has 0 fully saturated rings. The van der Waals surface area contributed by atoms with Crippen LogP contribution in [-0.4, -0.2) is 27.9 Å². The lowest BCUT2D eigenvalue weighted by Crippen LogP contribution is -2.13. The zero-order valence-corrected chi connectivity index (χ0v) is 11.2. The summed E-state index contributed by atoms with van der Waals surface area (Å²) in [7, 11) is 0. The molecule has 5 heteroatoms. The molecule has 0 atom stereocenters. The number of hydrogen-bond acceptors (Lipinski definition) is 4. The predicted octanol–water partition coefficient (Wildman–Crippen LogP) is 1.86. The minimum Gasteiger partial charge on any atom is -0.494 e. The number of nitrogens with zero attached hydrogens (tertiary/aromatic N) is 3. The summed E-state index contributed by atoms with van der Waals surface area (Å²) in [4.78, 5) is 4.24. The van der Waals surface area contributed by atoms with Crippen molar-refractivity contribution in [3.63, 3.8) is 0 Å². The van der Waals surface area contributed by atoms with E-state index in [0.29, 0.717) is 6.61 Å². The van der Waals surface area contributed by atoms with E-state index in [0.717, 1.165) is 37.6 Å². The van der Waals surface area contributed by atoms with Crippen LogP contribution in [-0.2, 0) is 13.1 Å². The molecule has 19 heavy (non-hydrogen) atoms. The molecule has 2 aromatic rings. The largest absolute Gasteiger partial charge is 0.494 e. The normalized spacial score (nSPS) is 10.6. The summed E-state index contributed by atoms with van der Waals surface area (Å²) in [5, 5.41) is 7.58. The number of nitrogens with one attached hydrogen (secondary N) is 1. The van der Waals surface area contributed by atoms with Crippen LogP contribution in [0.5, 0.6) is 5.75 Å². The molecule has 2 rings (SSSR count). The fourth-order valence-electron chi connectivity index (χ4n) is 1.69. The van der Waals surface area contributed by atoms with Crippen LogP contribution in [0.1, 0.15) is 19.2 Å². The molecule has 1 N–H and O–H groups in total. The van der Waals surface area contributed by atoms with Gasteiger partial charge < -0.3 is 10.1 Å². The van der Waals surface area contributed by atoms with Crippen LogP contribution in [0.25, 0.3) is 0 Å². The third-order valence-corrected chi connectivity index (χ3v) is 2.66. The summed E-state index contributed by atoms with van der Waals surface area (Å²) in [5.74, 6) is 1.75. The van der Waals surface area contributed by atoms with Crippen molar-refractivity contribution < 1.29 is 4.74 Å². The van der Waals surface area contributed by atoms with Gasteiger partial charge in [-0.2, -0.15) is 5.10 Å². The number of rotatable bonds is 8. The number of aryl methyl sites for hydroxylation is 1. The third-order valence-electron chi connectivity index (χ3n) is 2.66. The summed E-state index contributed by atoms with van der Waals surface area (Å²) in [5.41, 5.74) is 0. The number of para-hydroxylation sites is 1. The van der Waals surface area contributed by atoms with E-state index in [9.17, 15) is 0 Å². The van der Waals surface area contributed by atoms with Gasteiger partial charge in [-0.3, -0.25) is 4.68 Å². The Morgan fingerprint density at radius 1 is 1.26 bits per heavy atom. The maximum Gasteiger partial charge on any atom is 0.164 e. The van der Waals surface area contributed by atoms with Crippen LogP contribution in [0.15, 0.2) is 36.7 Å². The molecule has 0 amide bonds. The van der Waals surface area contributed by atoms with Gasteiger partial charge in [0.1, 0.15) is 12.1 Å². The minimum atomic E-state index is 0.687. The van der Waals surface area contributed by atoms with E-state index in [1.807, 2.05) is 35.0 Å². The molecule has 1 aromatic heterocycles. The molecule has 0 saturated carbocycles. The van der Waals surface area contributed by atoms with Gasteiger partial charge in [0.05, 0.1) is 13.2 Å². The molecule has 0 saturated heterocycles. The van der Waals surface area contributed by atoms with Crippen LogP contribution in [0.3, 0.4) is 0 Å². The molecule has 1 heterocycles. The first-order valence-corrected chi connectivity index (χ1v) is 6.65. The summed E-state index contributed by atoms with van der Waals surface area (Å²) < 4.78 is 7.49. The van der Waals surface area contributed by atoms with E-state index >= 15 is 0 Å². The Balaban J connectivity index is 1.66. The summed E-state index contributed by atoms with van der Waals surface area (Å²) in [6.07, 6.45) is 2.69. The van der Waals surface area contributed by atoms with Crippen LogP contribution in [0.2, 0.25) is 0 Å². The Morgan fingerprint density at radius 2 is 2.11 bits per heavy atom. The third kappa shape index (κ3) is 4.71. The standard InChI is InChI=1S/C14H20N4O/c1-2-15-11-14-16-12-18(17-14)9-6-10-19-13-7-4-3-5-8-13/h3-5,7-8,12,15H,2,6,9-11H2,1H3. The highest BCUT2D eigenvalue weighted by Crippen LogP contribution is 2.08.